The first-order chi connectivity index (χ1) is 9.39. The van der Waals surface area contributed by atoms with E-state index in [2.05, 4.69) is 19.2 Å². The van der Waals surface area contributed by atoms with Crippen LogP contribution in [0.15, 0.2) is 18.2 Å². The molecule has 0 aromatic heterocycles. The number of nitro benzene ring substituents is 1. The Balaban J connectivity index is 2.75. The Morgan fingerprint density at radius 2 is 2.20 bits per heavy atom. The molecule has 0 aliphatic heterocycles. The Morgan fingerprint density at radius 3 is 2.75 bits per heavy atom. The number of anilines is 1. The van der Waals surface area contributed by atoms with Crippen molar-refractivity contribution in [2.24, 2.45) is 5.41 Å². The molecule has 0 bridgehead atoms. The van der Waals surface area contributed by atoms with Gasteiger partial charge in [0.2, 0.25) is 0 Å². The molecule has 1 rings (SSSR count). The lowest BCUT2D eigenvalue weighted by atomic mass is 9.88. The molecule has 6 nitrogen and oxygen atoms in total. The number of benzene rings is 1. The summed E-state index contributed by atoms with van der Waals surface area (Å²) in [6, 6.07) is 6.25. The number of hydrogen-bond donors (Lipinski definition) is 2. The molecule has 0 radical (unpaired) electrons. The average molecular weight is 277 g/mol. The summed E-state index contributed by atoms with van der Waals surface area (Å²) in [5, 5.41) is 31.7. The van der Waals surface area contributed by atoms with Crippen LogP contribution >= 0.6 is 0 Å². The molecule has 1 aromatic carbocycles. The van der Waals surface area contributed by atoms with Crippen LogP contribution in [0.25, 0.3) is 0 Å². The molecule has 6 heteroatoms. The van der Waals surface area contributed by atoms with Crippen LogP contribution < -0.4 is 5.32 Å². The van der Waals surface area contributed by atoms with Gasteiger partial charge in [0.25, 0.3) is 5.69 Å². The molecule has 0 spiro atoms. The lowest BCUT2D eigenvalue weighted by Gasteiger charge is -2.25. The minimum atomic E-state index is -0.562. The Hall–Kier alpha value is -2.13. The molecule has 20 heavy (non-hydrogen) atoms. The average Bonchev–Trinajstić information content (AvgIpc) is 2.42. The summed E-state index contributed by atoms with van der Waals surface area (Å²) in [6.45, 7) is 4.98. The zero-order valence-electron chi connectivity index (χ0n) is 11.7. The highest BCUT2D eigenvalue weighted by Gasteiger charge is 2.18. The number of aliphatic hydroxyl groups excluding tert-OH is 1. The largest absolute Gasteiger partial charge is 0.396 e. The fourth-order valence-corrected chi connectivity index (χ4v) is 1.88. The van der Waals surface area contributed by atoms with E-state index in [9.17, 15) is 10.1 Å². The van der Waals surface area contributed by atoms with E-state index in [0.717, 1.165) is 12.8 Å². The minimum absolute atomic E-state index is 0.00267. The van der Waals surface area contributed by atoms with Gasteiger partial charge in [0.1, 0.15) is 11.6 Å². The van der Waals surface area contributed by atoms with Gasteiger partial charge in [-0.3, -0.25) is 10.1 Å². The minimum Gasteiger partial charge on any atom is -0.396 e. The van der Waals surface area contributed by atoms with Crippen molar-refractivity contribution in [1.29, 1.82) is 5.26 Å². The van der Waals surface area contributed by atoms with Crippen molar-refractivity contribution in [2.75, 3.05) is 18.5 Å². The molecule has 1 aromatic rings. The van der Waals surface area contributed by atoms with E-state index in [-0.39, 0.29) is 23.3 Å². The van der Waals surface area contributed by atoms with Gasteiger partial charge in [0.05, 0.1) is 4.92 Å². The second-order valence-electron chi connectivity index (χ2n) is 5.45. The van der Waals surface area contributed by atoms with Crippen molar-refractivity contribution >= 4 is 11.4 Å². The highest BCUT2D eigenvalue weighted by atomic mass is 16.6. The van der Waals surface area contributed by atoms with E-state index in [1.165, 1.54) is 12.1 Å². The Bertz CT molecular complexity index is 521. The molecule has 0 fully saturated rings. The first-order valence-corrected chi connectivity index (χ1v) is 6.43. The van der Waals surface area contributed by atoms with E-state index >= 15 is 0 Å². The first-order valence-electron chi connectivity index (χ1n) is 6.43. The standard InChI is InChI=1S/C14H19N3O3/c1-14(2,6-3-7-18)10-16-12-4-5-13(17(19)20)11(8-12)9-15/h4-5,8,16,18H,3,6-7,10H2,1-2H3. The van der Waals surface area contributed by atoms with Crippen LogP contribution in [-0.2, 0) is 0 Å². The van der Waals surface area contributed by atoms with Crippen molar-refractivity contribution in [3.8, 4) is 6.07 Å². The summed E-state index contributed by atoms with van der Waals surface area (Å²) in [6.07, 6.45) is 1.60. The van der Waals surface area contributed by atoms with Crippen LogP contribution in [-0.4, -0.2) is 23.2 Å². The number of nitrogens with one attached hydrogen (secondary N) is 1. The number of rotatable bonds is 7. The maximum atomic E-state index is 10.7. The smallest absolute Gasteiger partial charge is 0.287 e. The van der Waals surface area contributed by atoms with Crippen LogP contribution in [0.5, 0.6) is 0 Å². The normalized spacial score (nSPS) is 10.9. The van der Waals surface area contributed by atoms with Crippen molar-refractivity contribution < 1.29 is 10.0 Å². The third-order valence-electron chi connectivity index (χ3n) is 3.10. The molecule has 2 N–H and O–H groups in total. The summed E-state index contributed by atoms with van der Waals surface area (Å²) in [7, 11) is 0. The number of aliphatic hydroxyl groups is 1. The molecule has 0 aliphatic carbocycles. The monoisotopic (exact) mass is 277 g/mol. The van der Waals surface area contributed by atoms with E-state index < -0.39 is 4.92 Å². The topological polar surface area (TPSA) is 99.2 Å². The zero-order chi connectivity index (χ0) is 15.2. The van der Waals surface area contributed by atoms with Gasteiger partial charge in [-0.15, -0.1) is 0 Å². The molecular formula is C14H19N3O3. The van der Waals surface area contributed by atoms with E-state index in [1.54, 1.807) is 6.07 Å². The van der Waals surface area contributed by atoms with Crippen molar-refractivity contribution in [3.05, 3.63) is 33.9 Å². The number of nitrogens with zero attached hydrogens (tertiary/aromatic N) is 2. The summed E-state index contributed by atoms with van der Waals surface area (Å²) >= 11 is 0. The molecular weight excluding hydrogens is 258 g/mol. The molecule has 0 aliphatic rings. The lowest BCUT2D eigenvalue weighted by Crippen LogP contribution is -2.23. The third-order valence-corrected chi connectivity index (χ3v) is 3.10. The molecule has 0 amide bonds. The maximum Gasteiger partial charge on any atom is 0.287 e. The Labute approximate surface area is 118 Å². The zero-order valence-corrected chi connectivity index (χ0v) is 11.7. The summed E-state index contributed by atoms with van der Waals surface area (Å²) in [5.74, 6) is 0. The highest BCUT2D eigenvalue weighted by molar-refractivity contribution is 5.58. The molecule has 0 saturated heterocycles. The van der Waals surface area contributed by atoms with E-state index in [1.807, 2.05) is 6.07 Å². The summed E-state index contributed by atoms with van der Waals surface area (Å²) < 4.78 is 0. The second kappa shape index (κ2) is 6.87. The predicted molar refractivity (Wildman–Crippen MR) is 76.4 cm³/mol. The SMILES string of the molecule is CC(C)(CCCO)CNc1ccc([N+](=O)[O-])c(C#N)c1. The van der Waals surface area contributed by atoms with Crippen LogP contribution in [0.2, 0.25) is 0 Å². The van der Waals surface area contributed by atoms with Crippen molar-refractivity contribution in [3.63, 3.8) is 0 Å². The Morgan fingerprint density at radius 1 is 1.50 bits per heavy atom. The molecule has 0 unspecified atom stereocenters. The molecule has 0 saturated carbocycles. The van der Waals surface area contributed by atoms with Crippen molar-refractivity contribution in [1.82, 2.24) is 0 Å². The number of hydrogen-bond acceptors (Lipinski definition) is 5. The summed E-state index contributed by atoms with van der Waals surface area (Å²) in [5.41, 5.74) is 0.548. The first kappa shape index (κ1) is 15.9. The van der Waals surface area contributed by atoms with Crippen LogP contribution in [0.1, 0.15) is 32.3 Å². The van der Waals surface area contributed by atoms with Gasteiger partial charge in [-0.05, 0) is 30.4 Å². The Kier molecular flexibility index (Phi) is 5.47. The van der Waals surface area contributed by atoms with Gasteiger partial charge < -0.3 is 10.4 Å². The van der Waals surface area contributed by atoms with Gasteiger partial charge in [0, 0.05) is 24.9 Å². The fraction of sp³-hybridized carbons (Fsp3) is 0.500. The predicted octanol–water partition coefficient (Wildman–Crippen LogP) is 2.68. The number of nitro groups is 1. The highest BCUT2D eigenvalue weighted by Crippen LogP contribution is 2.25. The van der Waals surface area contributed by atoms with E-state index in [4.69, 9.17) is 10.4 Å². The quantitative estimate of drug-likeness (QED) is 0.589. The van der Waals surface area contributed by atoms with Gasteiger partial charge in [-0.1, -0.05) is 13.8 Å². The van der Waals surface area contributed by atoms with Gasteiger partial charge in [-0.2, -0.15) is 5.26 Å². The van der Waals surface area contributed by atoms with E-state index in [0.29, 0.717) is 12.2 Å². The molecule has 0 atom stereocenters. The van der Waals surface area contributed by atoms with Gasteiger partial charge in [-0.25, -0.2) is 0 Å². The van der Waals surface area contributed by atoms with Crippen LogP contribution in [0, 0.1) is 26.9 Å². The van der Waals surface area contributed by atoms with Crippen LogP contribution in [0.3, 0.4) is 0 Å². The van der Waals surface area contributed by atoms with Crippen molar-refractivity contribution in [2.45, 2.75) is 26.7 Å². The molecule has 108 valence electrons. The second-order valence-corrected chi connectivity index (χ2v) is 5.45. The van der Waals surface area contributed by atoms with Crippen LogP contribution in [0.4, 0.5) is 11.4 Å². The fourth-order valence-electron chi connectivity index (χ4n) is 1.88. The summed E-state index contributed by atoms with van der Waals surface area (Å²) in [4.78, 5) is 10.2. The molecule has 0 heterocycles. The third kappa shape index (κ3) is 4.52. The lowest BCUT2D eigenvalue weighted by molar-refractivity contribution is -0.385. The van der Waals surface area contributed by atoms with Gasteiger partial charge >= 0.3 is 0 Å². The van der Waals surface area contributed by atoms with Gasteiger partial charge in [0.15, 0.2) is 0 Å². The maximum absolute atomic E-state index is 10.7. The number of nitriles is 1.